The molecule has 0 spiro atoms. The Morgan fingerprint density at radius 2 is 1.14 bits per heavy atom. The predicted molar refractivity (Wildman–Crippen MR) is 103 cm³/mol. The van der Waals surface area contributed by atoms with Crippen LogP contribution in [0.4, 0.5) is 0 Å². The van der Waals surface area contributed by atoms with Crippen molar-refractivity contribution in [3.05, 3.63) is 53.6 Å². The molecule has 0 aliphatic carbocycles. The third-order valence-electron chi connectivity index (χ3n) is 4.42. The van der Waals surface area contributed by atoms with Gasteiger partial charge in [-0.05, 0) is 34.1 Å². The second kappa shape index (κ2) is 6.42. The zero-order valence-electron chi connectivity index (χ0n) is 15.2. The highest BCUT2D eigenvalue weighted by Gasteiger charge is 2.16. The van der Waals surface area contributed by atoms with Crippen LogP contribution in [0.15, 0.2) is 42.5 Å². The van der Waals surface area contributed by atoms with E-state index in [2.05, 4.69) is 89.8 Å². The molecule has 0 bridgehead atoms. The molecule has 1 heteroatoms. The largest absolute Gasteiger partial charge is 0.0775 e. The van der Waals surface area contributed by atoms with Crippen molar-refractivity contribution in [3.8, 4) is 11.1 Å². The highest BCUT2D eigenvalue weighted by atomic mass is 28.3. The van der Waals surface area contributed by atoms with E-state index in [9.17, 15) is 0 Å². The SMILES string of the molecule is CC(C)c1ccc(-c2ccc([Si](C)(C)C)cc2)cc1C(C)C. The van der Waals surface area contributed by atoms with Crippen LogP contribution in [0.5, 0.6) is 0 Å². The van der Waals surface area contributed by atoms with Gasteiger partial charge in [0.25, 0.3) is 0 Å². The third kappa shape index (κ3) is 3.70. The molecule has 2 aromatic rings. The average Bonchev–Trinajstić information content (AvgIpc) is 2.45. The van der Waals surface area contributed by atoms with Crippen molar-refractivity contribution in [3.63, 3.8) is 0 Å². The molecule has 2 rings (SSSR count). The third-order valence-corrected chi connectivity index (χ3v) is 6.48. The Labute approximate surface area is 137 Å². The summed E-state index contributed by atoms with van der Waals surface area (Å²) >= 11 is 0. The average molecular weight is 311 g/mol. The van der Waals surface area contributed by atoms with E-state index in [4.69, 9.17) is 0 Å². The lowest BCUT2D eigenvalue weighted by Crippen LogP contribution is -2.37. The summed E-state index contributed by atoms with van der Waals surface area (Å²) in [6.07, 6.45) is 0. The molecule has 0 radical (unpaired) electrons. The standard InChI is InChI=1S/C21H30Si/c1-15(2)20-13-10-18(14-21(20)16(3)4)17-8-11-19(12-9-17)22(5,6)7/h8-16H,1-7H3. The smallest absolute Gasteiger partial charge is 0.0656 e. The van der Waals surface area contributed by atoms with Gasteiger partial charge in [0.05, 0.1) is 8.07 Å². The fourth-order valence-corrected chi connectivity index (χ4v) is 4.11. The van der Waals surface area contributed by atoms with Crippen molar-refractivity contribution >= 4 is 13.3 Å². The Morgan fingerprint density at radius 1 is 0.636 bits per heavy atom. The minimum Gasteiger partial charge on any atom is -0.0656 e. The minimum absolute atomic E-state index is 0.568. The van der Waals surface area contributed by atoms with Gasteiger partial charge < -0.3 is 0 Å². The number of benzene rings is 2. The van der Waals surface area contributed by atoms with Crippen molar-refractivity contribution in [2.45, 2.75) is 59.2 Å². The molecule has 0 heterocycles. The summed E-state index contributed by atoms with van der Waals surface area (Å²) in [6, 6.07) is 16.2. The molecule has 0 N–H and O–H groups in total. The predicted octanol–water partition coefficient (Wildman–Crippen LogP) is 6.15. The van der Waals surface area contributed by atoms with Crippen LogP contribution < -0.4 is 5.19 Å². The van der Waals surface area contributed by atoms with E-state index in [0.717, 1.165) is 0 Å². The van der Waals surface area contributed by atoms with E-state index in [-0.39, 0.29) is 0 Å². The van der Waals surface area contributed by atoms with Crippen molar-refractivity contribution in [1.82, 2.24) is 0 Å². The van der Waals surface area contributed by atoms with Gasteiger partial charge >= 0.3 is 0 Å². The fourth-order valence-electron chi connectivity index (χ4n) is 2.94. The molecule has 118 valence electrons. The van der Waals surface area contributed by atoms with E-state index in [1.807, 2.05) is 0 Å². The van der Waals surface area contributed by atoms with Gasteiger partial charge in [0, 0.05) is 0 Å². The highest BCUT2D eigenvalue weighted by Crippen LogP contribution is 2.30. The van der Waals surface area contributed by atoms with Gasteiger partial charge in [-0.3, -0.25) is 0 Å². The van der Waals surface area contributed by atoms with E-state index in [1.165, 1.54) is 27.4 Å². The van der Waals surface area contributed by atoms with Crippen LogP contribution >= 0.6 is 0 Å². The Morgan fingerprint density at radius 3 is 1.59 bits per heavy atom. The van der Waals surface area contributed by atoms with Crippen molar-refractivity contribution in [2.75, 3.05) is 0 Å². The first-order chi connectivity index (χ1) is 10.2. The molecule has 0 amide bonds. The lowest BCUT2D eigenvalue weighted by molar-refractivity contribution is 0.791. The molecular formula is C21H30Si. The van der Waals surface area contributed by atoms with Gasteiger partial charge in [-0.1, -0.05) is 95.0 Å². The lowest BCUT2D eigenvalue weighted by Gasteiger charge is -2.19. The molecule has 0 aliphatic heterocycles. The first kappa shape index (κ1) is 17.0. The maximum atomic E-state index is 2.40. The summed E-state index contributed by atoms with van der Waals surface area (Å²) in [5.74, 6) is 1.15. The summed E-state index contributed by atoms with van der Waals surface area (Å²) in [5.41, 5.74) is 5.65. The molecule has 2 aromatic carbocycles. The molecule has 22 heavy (non-hydrogen) atoms. The quantitative estimate of drug-likeness (QED) is 0.594. The Hall–Kier alpha value is -1.34. The van der Waals surface area contributed by atoms with Gasteiger partial charge in [0.2, 0.25) is 0 Å². The van der Waals surface area contributed by atoms with Gasteiger partial charge in [-0.2, -0.15) is 0 Å². The summed E-state index contributed by atoms with van der Waals surface area (Å²) in [6.45, 7) is 16.3. The molecular weight excluding hydrogens is 280 g/mol. The highest BCUT2D eigenvalue weighted by molar-refractivity contribution is 6.88. The van der Waals surface area contributed by atoms with Gasteiger partial charge in [0.1, 0.15) is 0 Å². The Balaban J connectivity index is 2.43. The number of rotatable bonds is 4. The maximum absolute atomic E-state index is 2.40. The van der Waals surface area contributed by atoms with Gasteiger partial charge in [-0.25, -0.2) is 0 Å². The summed E-state index contributed by atoms with van der Waals surface area (Å²) in [4.78, 5) is 0. The maximum Gasteiger partial charge on any atom is 0.0775 e. The van der Waals surface area contributed by atoms with Gasteiger partial charge in [0.15, 0.2) is 0 Å². The first-order valence-corrected chi connectivity index (χ1v) is 11.9. The second-order valence-electron chi connectivity index (χ2n) is 7.98. The summed E-state index contributed by atoms with van der Waals surface area (Å²) < 4.78 is 0. The molecule has 0 unspecified atom stereocenters. The van der Waals surface area contributed by atoms with E-state index in [1.54, 1.807) is 0 Å². The van der Waals surface area contributed by atoms with Crippen LogP contribution in [-0.4, -0.2) is 8.07 Å². The summed E-state index contributed by atoms with van der Waals surface area (Å²) in [5, 5.41) is 1.53. The van der Waals surface area contributed by atoms with Crippen LogP contribution in [0.1, 0.15) is 50.7 Å². The molecule has 0 nitrogen and oxygen atoms in total. The zero-order valence-corrected chi connectivity index (χ0v) is 16.2. The van der Waals surface area contributed by atoms with Gasteiger partial charge in [-0.15, -0.1) is 0 Å². The summed E-state index contributed by atoms with van der Waals surface area (Å²) in [7, 11) is -1.21. The Kier molecular flexibility index (Phi) is 4.96. The van der Waals surface area contributed by atoms with Crippen molar-refractivity contribution in [2.24, 2.45) is 0 Å². The number of hydrogen-bond acceptors (Lipinski definition) is 0. The van der Waals surface area contributed by atoms with Crippen LogP contribution in [0, 0.1) is 0 Å². The molecule has 0 fully saturated rings. The van der Waals surface area contributed by atoms with Crippen molar-refractivity contribution < 1.29 is 0 Å². The Bertz CT molecular complexity index is 628. The molecule has 0 aromatic heterocycles. The van der Waals surface area contributed by atoms with Crippen molar-refractivity contribution in [1.29, 1.82) is 0 Å². The monoisotopic (exact) mass is 310 g/mol. The normalized spacial score (nSPS) is 12.2. The minimum atomic E-state index is -1.21. The van der Waals surface area contributed by atoms with E-state index in [0.29, 0.717) is 11.8 Å². The fraction of sp³-hybridized carbons (Fsp3) is 0.429. The number of hydrogen-bond donors (Lipinski definition) is 0. The first-order valence-electron chi connectivity index (χ1n) is 8.45. The second-order valence-corrected chi connectivity index (χ2v) is 13.1. The van der Waals surface area contributed by atoms with E-state index >= 15 is 0 Å². The zero-order chi connectivity index (χ0) is 16.5. The molecule has 0 aliphatic rings. The van der Waals surface area contributed by atoms with Crippen LogP contribution in [0.25, 0.3) is 11.1 Å². The van der Waals surface area contributed by atoms with Crippen LogP contribution in [0.2, 0.25) is 19.6 Å². The molecule has 0 atom stereocenters. The van der Waals surface area contributed by atoms with Crippen LogP contribution in [-0.2, 0) is 0 Å². The topological polar surface area (TPSA) is 0 Å². The van der Waals surface area contributed by atoms with E-state index < -0.39 is 8.07 Å². The lowest BCUT2D eigenvalue weighted by atomic mass is 9.88. The van der Waals surface area contributed by atoms with Crippen LogP contribution in [0.3, 0.4) is 0 Å². The molecule has 0 saturated heterocycles. The molecule has 0 saturated carbocycles.